The SMILES string of the molecule is CCOc1cccc(NC(=O)c2cc3ccccc3c(N=Nc3ccc(S(=O)(=O)O)c(C)c3Cl)c2O)c1. The van der Waals surface area contributed by atoms with Crippen molar-refractivity contribution in [2.45, 2.75) is 18.7 Å². The zero-order chi connectivity index (χ0) is 26.7. The molecule has 0 heterocycles. The number of nitrogens with one attached hydrogen (secondary N) is 1. The van der Waals surface area contributed by atoms with Gasteiger partial charge in [-0.1, -0.05) is 41.9 Å². The van der Waals surface area contributed by atoms with E-state index < -0.39 is 21.8 Å². The molecule has 190 valence electrons. The molecule has 0 spiro atoms. The fraction of sp³-hybridized carbons (Fsp3) is 0.115. The number of anilines is 1. The number of phenolic OH excluding ortho intramolecular Hbond substituents is 1. The van der Waals surface area contributed by atoms with Gasteiger partial charge in [0.1, 0.15) is 17.1 Å². The maximum atomic E-state index is 13.1. The molecule has 0 aliphatic rings. The van der Waals surface area contributed by atoms with Gasteiger partial charge >= 0.3 is 0 Å². The van der Waals surface area contributed by atoms with Crippen molar-refractivity contribution in [1.82, 2.24) is 0 Å². The highest BCUT2D eigenvalue weighted by Crippen LogP contribution is 2.41. The lowest BCUT2D eigenvalue weighted by atomic mass is 10.0. The Hall–Kier alpha value is -3.99. The first-order chi connectivity index (χ1) is 17.6. The Kier molecular flexibility index (Phi) is 7.44. The van der Waals surface area contributed by atoms with Gasteiger partial charge in [-0.15, -0.1) is 10.2 Å². The van der Waals surface area contributed by atoms with Crippen molar-refractivity contribution in [2.75, 3.05) is 11.9 Å². The normalized spacial score (nSPS) is 11.7. The standard InChI is InChI=1S/C26H22ClN3O6S/c1-3-36-18-9-6-8-17(14-18)28-26(32)20-13-16-7-4-5-10-19(16)24(25(20)31)30-29-21-11-12-22(37(33,34)35)15(2)23(21)27/h4-14,31H,3H2,1-2H3,(H,28,32)(H,33,34,35). The van der Waals surface area contributed by atoms with Gasteiger partial charge in [0.05, 0.1) is 22.1 Å². The van der Waals surface area contributed by atoms with Crippen molar-refractivity contribution in [2.24, 2.45) is 10.2 Å². The van der Waals surface area contributed by atoms with Gasteiger partial charge in [-0.05, 0) is 55.1 Å². The average molecular weight is 540 g/mol. The summed E-state index contributed by atoms with van der Waals surface area (Å²) in [4.78, 5) is 12.8. The molecule has 0 unspecified atom stereocenters. The van der Waals surface area contributed by atoms with Crippen LogP contribution in [-0.2, 0) is 10.1 Å². The summed E-state index contributed by atoms with van der Waals surface area (Å²) in [6, 6.07) is 17.8. The summed E-state index contributed by atoms with van der Waals surface area (Å²) >= 11 is 6.27. The van der Waals surface area contributed by atoms with E-state index >= 15 is 0 Å². The van der Waals surface area contributed by atoms with Crippen molar-refractivity contribution in [3.8, 4) is 11.5 Å². The van der Waals surface area contributed by atoms with Gasteiger partial charge in [0.25, 0.3) is 16.0 Å². The van der Waals surface area contributed by atoms with Crippen molar-refractivity contribution in [1.29, 1.82) is 0 Å². The van der Waals surface area contributed by atoms with E-state index in [0.29, 0.717) is 28.8 Å². The number of nitrogens with zero attached hydrogens (tertiary/aromatic N) is 2. The Bertz CT molecular complexity index is 1650. The Morgan fingerprint density at radius 3 is 2.54 bits per heavy atom. The van der Waals surface area contributed by atoms with Gasteiger partial charge in [-0.3, -0.25) is 9.35 Å². The molecule has 11 heteroatoms. The quantitative estimate of drug-likeness (QED) is 0.174. The highest BCUT2D eigenvalue weighted by molar-refractivity contribution is 7.85. The molecule has 0 fully saturated rings. The van der Waals surface area contributed by atoms with Gasteiger partial charge < -0.3 is 15.2 Å². The molecule has 4 aromatic rings. The van der Waals surface area contributed by atoms with Crippen LogP contribution in [0.25, 0.3) is 10.8 Å². The van der Waals surface area contributed by atoms with Gasteiger partial charge in [-0.25, -0.2) is 0 Å². The largest absolute Gasteiger partial charge is 0.505 e. The monoisotopic (exact) mass is 539 g/mol. The Balaban J connectivity index is 1.76. The number of azo groups is 1. The van der Waals surface area contributed by atoms with Crippen molar-refractivity contribution in [3.05, 3.63) is 82.9 Å². The van der Waals surface area contributed by atoms with Crippen LogP contribution >= 0.6 is 11.6 Å². The predicted octanol–water partition coefficient (Wildman–Crippen LogP) is 6.82. The van der Waals surface area contributed by atoms with E-state index in [1.807, 2.05) is 6.92 Å². The van der Waals surface area contributed by atoms with Crippen LogP contribution in [0.2, 0.25) is 5.02 Å². The van der Waals surface area contributed by atoms with E-state index in [4.69, 9.17) is 16.3 Å². The average Bonchev–Trinajstić information content (AvgIpc) is 2.85. The number of hydrogen-bond acceptors (Lipinski definition) is 7. The van der Waals surface area contributed by atoms with Gasteiger partial charge in [0.15, 0.2) is 5.75 Å². The molecule has 37 heavy (non-hydrogen) atoms. The van der Waals surface area contributed by atoms with E-state index in [0.717, 1.165) is 6.07 Å². The fourth-order valence-electron chi connectivity index (χ4n) is 3.73. The maximum absolute atomic E-state index is 13.1. The maximum Gasteiger partial charge on any atom is 0.294 e. The van der Waals surface area contributed by atoms with Crippen LogP contribution < -0.4 is 10.1 Å². The molecule has 0 aliphatic heterocycles. The van der Waals surface area contributed by atoms with Crippen LogP contribution in [-0.4, -0.2) is 30.6 Å². The van der Waals surface area contributed by atoms with Crippen LogP contribution in [0.15, 0.2) is 81.9 Å². The molecule has 0 saturated carbocycles. The third kappa shape index (κ3) is 5.56. The second-order valence-corrected chi connectivity index (χ2v) is 9.72. The van der Waals surface area contributed by atoms with E-state index in [9.17, 15) is 22.9 Å². The summed E-state index contributed by atoms with van der Waals surface area (Å²) in [6.07, 6.45) is 0. The topological polar surface area (TPSA) is 138 Å². The van der Waals surface area contributed by atoms with Gasteiger partial charge in [-0.2, -0.15) is 8.42 Å². The highest BCUT2D eigenvalue weighted by atomic mass is 35.5. The van der Waals surface area contributed by atoms with Crippen LogP contribution in [0, 0.1) is 6.92 Å². The minimum Gasteiger partial charge on any atom is -0.505 e. The molecule has 0 aliphatic carbocycles. The number of amides is 1. The van der Waals surface area contributed by atoms with E-state index in [1.54, 1.807) is 54.6 Å². The van der Waals surface area contributed by atoms with Crippen LogP contribution in [0.3, 0.4) is 0 Å². The predicted molar refractivity (Wildman–Crippen MR) is 141 cm³/mol. The van der Waals surface area contributed by atoms with Crippen LogP contribution in [0.1, 0.15) is 22.8 Å². The molecule has 1 amide bonds. The van der Waals surface area contributed by atoms with Crippen molar-refractivity contribution in [3.63, 3.8) is 0 Å². The molecular weight excluding hydrogens is 518 g/mol. The number of fused-ring (bicyclic) bond motifs is 1. The summed E-state index contributed by atoms with van der Waals surface area (Å²) in [5.41, 5.74) is 0.681. The number of halogens is 1. The lowest BCUT2D eigenvalue weighted by Crippen LogP contribution is -2.12. The summed E-state index contributed by atoms with van der Waals surface area (Å²) < 4.78 is 37.9. The molecule has 4 aromatic carbocycles. The smallest absolute Gasteiger partial charge is 0.294 e. The van der Waals surface area contributed by atoms with Crippen molar-refractivity contribution < 1.29 is 27.6 Å². The molecular formula is C26H22ClN3O6S. The van der Waals surface area contributed by atoms with Crippen molar-refractivity contribution >= 4 is 55.5 Å². The van der Waals surface area contributed by atoms with E-state index in [-0.39, 0.29) is 32.4 Å². The first-order valence-electron chi connectivity index (χ1n) is 11.1. The fourth-order valence-corrected chi connectivity index (χ4v) is 4.72. The molecule has 0 saturated heterocycles. The van der Waals surface area contributed by atoms with Gasteiger partial charge in [0.2, 0.25) is 0 Å². The molecule has 0 radical (unpaired) electrons. The number of carbonyl (C=O) groups is 1. The molecule has 4 rings (SSSR count). The molecule has 0 atom stereocenters. The minimum atomic E-state index is -4.47. The lowest BCUT2D eigenvalue weighted by Gasteiger charge is -2.12. The second-order valence-electron chi connectivity index (χ2n) is 7.95. The Labute approximate surface area is 218 Å². The zero-order valence-corrected chi connectivity index (χ0v) is 21.3. The third-order valence-electron chi connectivity index (χ3n) is 5.49. The number of ether oxygens (including phenoxy) is 1. The molecule has 9 nitrogen and oxygen atoms in total. The zero-order valence-electron chi connectivity index (χ0n) is 19.8. The summed E-state index contributed by atoms with van der Waals surface area (Å²) in [5.74, 6) is -0.382. The molecule has 0 aromatic heterocycles. The second kappa shape index (κ2) is 10.6. The number of benzene rings is 4. The minimum absolute atomic E-state index is 0.0268. The number of rotatable bonds is 7. The first-order valence-corrected chi connectivity index (χ1v) is 12.9. The molecule has 3 N–H and O–H groups in total. The summed E-state index contributed by atoms with van der Waals surface area (Å²) in [5, 5.41) is 23.2. The first kappa shape index (κ1) is 26.1. The van der Waals surface area contributed by atoms with Crippen LogP contribution in [0.4, 0.5) is 17.1 Å². The molecule has 0 bridgehead atoms. The van der Waals surface area contributed by atoms with Crippen LogP contribution in [0.5, 0.6) is 11.5 Å². The number of phenols is 1. The lowest BCUT2D eigenvalue weighted by molar-refractivity contribution is 0.102. The summed E-state index contributed by atoms with van der Waals surface area (Å²) in [7, 11) is -4.47. The number of aromatic hydroxyl groups is 1. The third-order valence-corrected chi connectivity index (χ3v) is 6.97. The summed E-state index contributed by atoms with van der Waals surface area (Å²) in [6.45, 7) is 3.74. The van der Waals surface area contributed by atoms with E-state index in [2.05, 4.69) is 15.5 Å². The Morgan fingerprint density at radius 2 is 1.81 bits per heavy atom. The van der Waals surface area contributed by atoms with E-state index in [1.165, 1.54) is 13.0 Å². The number of carbonyl (C=O) groups excluding carboxylic acids is 1. The van der Waals surface area contributed by atoms with Gasteiger partial charge in [0, 0.05) is 17.1 Å². The Morgan fingerprint density at radius 1 is 1.05 bits per heavy atom. The highest BCUT2D eigenvalue weighted by Gasteiger charge is 2.20. The number of hydrogen-bond donors (Lipinski definition) is 3.